The molecule has 2 aliphatic heterocycles. The summed E-state index contributed by atoms with van der Waals surface area (Å²) in [6, 6.07) is -0.830. The smallest absolute Gasteiger partial charge is 0.220 e. The van der Waals surface area contributed by atoms with Crippen molar-refractivity contribution in [3.8, 4) is 0 Å². The third-order valence-corrected chi connectivity index (χ3v) is 13.1. The molecule has 0 bridgehead atoms. The number of rotatable bonds is 41. The molecular weight excluding hydrogens is 871 g/mol. The van der Waals surface area contributed by atoms with Crippen molar-refractivity contribution in [3.05, 3.63) is 48.6 Å². The Morgan fingerprint density at radius 2 is 1.01 bits per heavy atom. The molecule has 2 aliphatic rings. The lowest BCUT2D eigenvalue weighted by molar-refractivity contribution is -0.359. The van der Waals surface area contributed by atoms with E-state index in [1.165, 1.54) is 83.5 Å². The minimum absolute atomic E-state index is 0.215. The average Bonchev–Trinajstić information content (AvgIpc) is 3.34. The topological polar surface area (TPSA) is 228 Å². The van der Waals surface area contributed by atoms with Crippen LogP contribution in [0.5, 0.6) is 0 Å². The van der Waals surface area contributed by atoms with Crippen LogP contribution in [0.15, 0.2) is 48.6 Å². The minimum atomic E-state index is -1.78. The Balaban J connectivity index is 1.75. The predicted octanol–water partition coefficient (Wildman–Crippen LogP) is 7.66. The lowest BCUT2D eigenvalue weighted by Crippen LogP contribution is -2.65. The lowest BCUT2D eigenvalue weighted by atomic mass is 9.97. The first-order valence-electron chi connectivity index (χ1n) is 26.9. The summed E-state index contributed by atoms with van der Waals surface area (Å²) in [5.74, 6) is -0.215. The van der Waals surface area contributed by atoms with Crippen LogP contribution < -0.4 is 5.32 Å². The Hall–Kier alpha value is -2.05. The number of ether oxygens (including phenoxy) is 4. The van der Waals surface area contributed by atoms with E-state index in [0.29, 0.717) is 12.8 Å². The highest BCUT2D eigenvalue weighted by molar-refractivity contribution is 5.76. The Bertz CT molecular complexity index is 1330. The van der Waals surface area contributed by atoms with E-state index < -0.39 is 86.8 Å². The summed E-state index contributed by atoms with van der Waals surface area (Å²) in [6.45, 7) is 2.72. The molecule has 14 nitrogen and oxygen atoms in total. The number of nitrogens with one attached hydrogen (secondary N) is 1. The van der Waals surface area contributed by atoms with Crippen molar-refractivity contribution in [2.45, 2.75) is 267 Å². The summed E-state index contributed by atoms with van der Waals surface area (Å²) in [5, 5.41) is 86.9. The van der Waals surface area contributed by atoms with Crippen LogP contribution in [-0.2, 0) is 23.7 Å². The van der Waals surface area contributed by atoms with Crippen molar-refractivity contribution in [3.63, 3.8) is 0 Å². The molecule has 68 heavy (non-hydrogen) atoms. The zero-order chi connectivity index (χ0) is 49.6. The first-order valence-corrected chi connectivity index (χ1v) is 26.9. The first kappa shape index (κ1) is 62.1. The highest BCUT2D eigenvalue weighted by atomic mass is 16.7. The van der Waals surface area contributed by atoms with Crippen molar-refractivity contribution in [2.24, 2.45) is 0 Å². The molecule has 0 aliphatic carbocycles. The number of allylic oxidation sites excluding steroid dienone is 8. The van der Waals surface area contributed by atoms with Crippen molar-refractivity contribution >= 4 is 5.91 Å². The average molecular weight is 968 g/mol. The summed E-state index contributed by atoms with van der Waals surface area (Å²) in [7, 11) is 0. The van der Waals surface area contributed by atoms with Gasteiger partial charge in [0.25, 0.3) is 0 Å². The molecular formula is C54H97NO13. The number of amides is 1. The molecule has 14 heteroatoms. The van der Waals surface area contributed by atoms with Gasteiger partial charge in [0.15, 0.2) is 12.6 Å². The molecule has 0 spiro atoms. The van der Waals surface area contributed by atoms with Crippen LogP contribution in [-0.4, -0.2) is 140 Å². The van der Waals surface area contributed by atoms with Gasteiger partial charge < -0.3 is 65.1 Å². The normalized spacial score (nSPS) is 26.7. The summed E-state index contributed by atoms with van der Waals surface area (Å²) < 4.78 is 22.7. The van der Waals surface area contributed by atoms with Crippen molar-refractivity contribution in [1.82, 2.24) is 5.32 Å². The molecule has 1 amide bonds. The van der Waals surface area contributed by atoms with Crippen LogP contribution in [0.25, 0.3) is 0 Å². The summed E-state index contributed by atoms with van der Waals surface area (Å²) >= 11 is 0. The predicted molar refractivity (Wildman–Crippen MR) is 267 cm³/mol. The number of carbonyl (C=O) groups is 1. The van der Waals surface area contributed by atoms with Crippen molar-refractivity contribution in [1.29, 1.82) is 0 Å². The van der Waals surface area contributed by atoms with Gasteiger partial charge in [-0.2, -0.15) is 0 Å². The Kier molecular flexibility index (Phi) is 37.0. The van der Waals surface area contributed by atoms with Gasteiger partial charge in [0.1, 0.15) is 48.8 Å². The Morgan fingerprint density at radius 3 is 1.56 bits per heavy atom. The molecule has 2 rings (SSSR count). The quantitative estimate of drug-likeness (QED) is 0.0212. The fourth-order valence-corrected chi connectivity index (χ4v) is 8.70. The number of aliphatic hydroxyl groups is 8. The van der Waals surface area contributed by atoms with Gasteiger partial charge in [0.05, 0.1) is 32.0 Å². The maximum atomic E-state index is 13.2. The number of hydrogen-bond acceptors (Lipinski definition) is 13. The number of unbranched alkanes of at least 4 members (excludes halogenated alkanes) is 20. The van der Waals surface area contributed by atoms with Gasteiger partial charge in [0.2, 0.25) is 5.91 Å². The molecule has 0 saturated carbocycles. The van der Waals surface area contributed by atoms with Crippen molar-refractivity contribution < 1.29 is 64.6 Å². The maximum absolute atomic E-state index is 13.2. The zero-order valence-corrected chi connectivity index (χ0v) is 42.1. The minimum Gasteiger partial charge on any atom is -0.394 e. The highest BCUT2D eigenvalue weighted by Crippen LogP contribution is 2.30. The van der Waals surface area contributed by atoms with Crippen LogP contribution in [0, 0.1) is 0 Å². The monoisotopic (exact) mass is 968 g/mol. The second-order valence-corrected chi connectivity index (χ2v) is 19.0. The number of aliphatic hydroxyl groups excluding tert-OH is 8. The maximum Gasteiger partial charge on any atom is 0.220 e. The fraction of sp³-hybridized carbons (Fsp3) is 0.833. The van der Waals surface area contributed by atoms with Gasteiger partial charge in [-0.3, -0.25) is 4.79 Å². The first-order chi connectivity index (χ1) is 33.1. The van der Waals surface area contributed by atoms with Crippen LogP contribution in [0.1, 0.15) is 194 Å². The summed E-state index contributed by atoms with van der Waals surface area (Å²) in [6.07, 6.45) is 31.1. The highest BCUT2D eigenvalue weighted by Gasteiger charge is 2.51. The molecule has 12 unspecified atom stereocenters. The van der Waals surface area contributed by atoms with Gasteiger partial charge in [0, 0.05) is 6.42 Å². The Labute approximate surface area is 410 Å². The third kappa shape index (κ3) is 27.0. The molecule has 2 saturated heterocycles. The molecule has 0 radical (unpaired) electrons. The third-order valence-electron chi connectivity index (χ3n) is 13.1. The van der Waals surface area contributed by atoms with E-state index in [2.05, 4.69) is 67.8 Å². The Morgan fingerprint density at radius 1 is 0.544 bits per heavy atom. The molecule has 2 fully saturated rings. The standard InChI is InChI=1S/C54H97NO13/c1-3-5-7-9-11-13-15-16-17-18-19-20-21-22-23-24-25-26-28-30-32-34-36-38-46(59)55-42(43(58)37-35-33-31-29-27-14-12-10-8-6-4-2)41-65-53-51(64)49(62)52(45(40-57)67-53)68-54-50(63)48(61)47(60)44(39-56)66-54/h5,7,11,13,16-17,19-20,42-45,47-54,56-58,60-64H,3-4,6,8-10,12,14-15,18,21-41H2,1-2H3,(H,55,59)/b7-5-,13-11-,17-16-,20-19-. The van der Waals surface area contributed by atoms with Crippen LogP contribution >= 0.6 is 0 Å². The van der Waals surface area contributed by atoms with E-state index in [9.17, 15) is 45.6 Å². The molecule has 2 heterocycles. The van der Waals surface area contributed by atoms with Crippen LogP contribution in [0.2, 0.25) is 0 Å². The molecule has 396 valence electrons. The molecule has 0 aromatic rings. The fourth-order valence-electron chi connectivity index (χ4n) is 8.70. The van der Waals surface area contributed by atoms with Crippen LogP contribution in [0.4, 0.5) is 0 Å². The second-order valence-electron chi connectivity index (χ2n) is 19.0. The van der Waals surface area contributed by atoms with Gasteiger partial charge in [-0.25, -0.2) is 0 Å². The van der Waals surface area contributed by atoms with E-state index in [0.717, 1.165) is 83.5 Å². The van der Waals surface area contributed by atoms with E-state index in [-0.39, 0.29) is 12.5 Å². The molecule has 0 aromatic heterocycles. The van der Waals surface area contributed by atoms with E-state index in [1.54, 1.807) is 0 Å². The number of carbonyl (C=O) groups excluding carboxylic acids is 1. The van der Waals surface area contributed by atoms with Crippen LogP contribution in [0.3, 0.4) is 0 Å². The molecule has 0 aromatic carbocycles. The van der Waals surface area contributed by atoms with Gasteiger partial charge >= 0.3 is 0 Å². The summed E-state index contributed by atoms with van der Waals surface area (Å²) in [4.78, 5) is 13.2. The molecule has 9 N–H and O–H groups in total. The van der Waals surface area contributed by atoms with E-state index in [1.807, 2.05) is 0 Å². The number of hydrogen-bond donors (Lipinski definition) is 9. The SMILES string of the molecule is CC/C=C\C/C=C\C/C=C\C/C=C\CCCCCCCCCCCCC(=O)NC(COC1OC(CO)C(OC2OC(CO)C(O)C(O)C2O)C(O)C1O)C(O)CCCCCCCCCCCCC. The second kappa shape index (κ2) is 40.5. The van der Waals surface area contributed by atoms with Gasteiger partial charge in [-0.05, 0) is 51.4 Å². The zero-order valence-electron chi connectivity index (χ0n) is 42.1. The van der Waals surface area contributed by atoms with Gasteiger partial charge in [-0.1, -0.05) is 184 Å². The lowest BCUT2D eigenvalue weighted by Gasteiger charge is -2.46. The summed E-state index contributed by atoms with van der Waals surface area (Å²) in [5.41, 5.74) is 0. The largest absolute Gasteiger partial charge is 0.394 e. The molecule has 12 atom stereocenters. The van der Waals surface area contributed by atoms with E-state index in [4.69, 9.17) is 18.9 Å². The van der Waals surface area contributed by atoms with Gasteiger partial charge in [-0.15, -0.1) is 0 Å². The van der Waals surface area contributed by atoms with E-state index >= 15 is 0 Å². The van der Waals surface area contributed by atoms with Crippen molar-refractivity contribution in [2.75, 3.05) is 19.8 Å².